The highest BCUT2D eigenvalue weighted by atomic mass is 16.5. The summed E-state index contributed by atoms with van der Waals surface area (Å²) in [6.45, 7) is 19.7. The first-order chi connectivity index (χ1) is 13.4. The first-order valence-electron chi connectivity index (χ1n) is 11.6. The summed E-state index contributed by atoms with van der Waals surface area (Å²) >= 11 is 0. The molecule has 0 aromatic rings. The van der Waals surface area contributed by atoms with Crippen molar-refractivity contribution < 1.29 is 9.53 Å². The number of carbonyl (C=O) groups excluding carboxylic acids is 1. The van der Waals surface area contributed by atoms with Crippen molar-refractivity contribution in [2.24, 2.45) is 28.6 Å². The minimum atomic E-state index is -0.451. The van der Waals surface area contributed by atoms with Crippen molar-refractivity contribution in [2.45, 2.75) is 100 Å². The molecule has 2 heteroatoms. The molecule has 162 valence electrons. The van der Waals surface area contributed by atoms with Crippen LogP contribution in [0.5, 0.6) is 0 Å². The molecule has 1 saturated heterocycles. The Hall–Kier alpha value is -1.31. The van der Waals surface area contributed by atoms with Crippen LogP contribution in [0.25, 0.3) is 0 Å². The summed E-state index contributed by atoms with van der Waals surface area (Å²) in [5.74, 6) is 2.28. The zero-order valence-electron chi connectivity index (χ0n) is 20.2. The second-order valence-corrected chi connectivity index (χ2v) is 11.4. The van der Waals surface area contributed by atoms with Crippen LogP contribution in [0.15, 0.2) is 34.6 Å². The van der Waals surface area contributed by atoms with E-state index in [0.717, 1.165) is 37.9 Å². The molecule has 2 aliphatic carbocycles. The summed E-state index contributed by atoms with van der Waals surface area (Å²) in [6, 6.07) is 0. The maximum Gasteiger partial charge on any atom is 0.150 e. The Morgan fingerprint density at radius 3 is 2.28 bits per heavy atom. The number of carbonyl (C=O) groups is 1. The van der Waals surface area contributed by atoms with Crippen molar-refractivity contribution in [1.29, 1.82) is 0 Å². The molecule has 3 rings (SSSR count). The fourth-order valence-electron chi connectivity index (χ4n) is 6.69. The van der Waals surface area contributed by atoms with Gasteiger partial charge in [-0.1, -0.05) is 44.1 Å². The number of hydrogen-bond acceptors (Lipinski definition) is 2. The summed E-state index contributed by atoms with van der Waals surface area (Å²) in [7, 11) is 0. The molecular weight excluding hydrogens is 356 g/mol. The highest BCUT2D eigenvalue weighted by Gasteiger charge is 2.75. The topological polar surface area (TPSA) is 26.3 Å². The Balaban J connectivity index is 2.26. The molecule has 1 heterocycles. The molecule has 0 radical (unpaired) electrons. The van der Waals surface area contributed by atoms with Gasteiger partial charge in [-0.05, 0) is 90.6 Å². The maximum atomic E-state index is 14.1. The summed E-state index contributed by atoms with van der Waals surface area (Å²) < 4.78 is 6.76. The lowest BCUT2D eigenvalue weighted by atomic mass is 9.48. The predicted octanol–water partition coefficient (Wildman–Crippen LogP) is 7.41. The predicted molar refractivity (Wildman–Crippen MR) is 122 cm³/mol. The molecule has 1 aliphatic heterocycles. The Labute approximate surface area is 178 Å². The Bertz CT molecular complexity index is 770. The summed E-state index contributed by atoms with van der Waals surface area (Å²) in [4.78, 5) is 14.1. The molecule has 29 heavy (non-hydrogen) atoms. The van der Waals surface area contributed by atoms with Crippen molar-refractivity contribution in [3.05, 3.63) is 34.6 Å². The van der Waals surface area contributed by atoms with Gasteiger partial charge in [0.1, 0.15) is 17.1 Å². The molecule has 0 aromatic heterocycles. The average Bonchev–Trinajstić information content (AvgIpc) is 3.06. The molecule has 0 aromatic carbocycles. The van der Waals surface area contributed by atoms with Crippen LogP contribution in [0.2, 0.25) is 0 Å². The highest BCUT2D eigenvalue weighted by molar-refractivity contribution is 5.92. The van der Waals surface area contributed by atoms with Gasteiger partial charge >= 0.3 is 0 Å². The number of Topliss-reactive ketones (excluding diaryl/α,β-unsaturated/α-hetero) is 1. The van der Waals surface area contributed by atoms with Crippen LogP contribution in [0, 0.1) is 28.6 Å². The molecule has 0 spiro atoms. The van der Waals surface area contributed by atoms with Crippen molar-refractivity contribution >= 4 is 5.78 Å². The summed E-state index contributed by atoms with van der Waals surface area (Å²) in [6.07, 6.45) is 9.95. The zero-order valence-corrected chi connectivity index (χ0v) is 20.2. The monoisotopic (exact) mass is 398 g/mol. The van der Waals surface area contributed by atoms with Crippen LogP contribution < -0.4 is 0 Å². The van der Waals surface area contributed by atoms with Crippen molar-refractivity contribution in [3.8, 4) is 0 Å². The molecule has 4 unspecified atom stereocenters. The lowest BCUT2D eigenvalue weighted by molar-refractivity contribution is -0.141. The lowest BCUT2D eigenvalue weighted by Gasteiger charge is -2.51. The molecule has 0 amide bonds. The van der Waals surface area contributed by atoms with Crippen molar-refractivity contribution in [2.75, 3.05) is 0 Å². The van der Waals surface area contributed by atoms with Gasteiger partial charge in [0.2, 0.25) is 0 Å². The van der Waals surface area contributed by atoms with E-state index in [2.05, 4.69) is 74.5 Å². The van der Waals surface area contributed by atoms with Crippen LogP contribution >= 0.6 is 0 Å². The molecule has 0 bridgehead atoms. The van der Waals surface area contributed by atoms with E-state index < -0.39 is 5.41 Å². The second-order valence-electron chi connectivity index (χ2n) is 11.4. The van der Waals surface area contributed by atoms with E-state index >= 15 is 0 Å². The molecule has 4 atom stereocenters. The Kier molecular flexibility index (Phi) is 5.73. The number of ether oxygens (including phenoxy) is 1. The first-order valence-corrected chi connectivity index (χ1v) is 11.6. The second kappa shape index (κ2) is 7.43. The molecular formula is C27H42O2. The number of rotatable bonds is 6. The number of hydrogen-bond donors (Lipinski definition) is 0. The number of ketones is 1. The van der Waals surface area contributed by atoms with Crippen molar-refractivity contribution in [1.82, 2.24) is 0 Å². The van der Waals surface area contributed by atoms with Gasteiger partial charge in [0, 0.05) is 11.8 Å². The van der Waals surface area contributed by atoms with Gasteiger partial charge in [0.05, 0.1) is 5.41 Å². The molecule has 0 N–H and O–H groups in total. The molecule has 2 nitrogen and oxygen atoms in total. The lowest BCUT2D eigenvalue weighted by Crippen LogP contribution is -2.54. The van der Waals surface area contributed by atoms with Gasteiger partial charge in [-0.15, -0.1) is 0 Å². The van der Waals surface area contributed by atoms with Gasteiger partial charge in [0.15, 0.2) is 0 Å². The Morgan fingerprint density at radius 2 is 1.72 bits per heavy atom. The molecule has 1 saturated carbocycles. The minimum absolute atomic E-state index is 0.0225. The normalized spacial score (nSPS) is 34.7. The highest BCUT2D eigenvalue weighted by Crippen LogP contribution is 2.75. The number of allylic oxidation sites excluding steroid dienone is 6. The van der Waals surface area contributed by atoms with Crippen LogP contribution in [-0.2, 0) is 9.53 Å². The van der Waals surface area contributed by atoms with E-state index in [4.69, 9.17) is 4.74 Å². The average molecular weight is 399 g/mol. The van der Waals surface area contributed by atoms with E-state index in [1.165, 1.54) is 16.7 Å². The van der Waals surface area contributed by atoms with Gasteiger partial charge in [-0.3, -0.25) is 4.79 Å². The van der Waals surface area contributed by atoms with E-state index in [9.17, 15) is 4.79 Å². The van der Waals surface area contributed by atoms with E-state index in [1.807, 2.05) is 0 Å². The first kappa shape index (κ1) is 22.4. The van der Waals surface area contributed by atoms with Crippen molar-refractivity contribution in [3.63, 3.8) is 0 Å². The van der Waals surface area contributed by atoms with E-state index in [0.29, 0.717) is 11.7 Å². The zero-order chi connectivity index (χ0) is 21.8. The van der Waals surface area contributed by atoms with Crippen LogP contribution in [-0.4, -0.2) is 11.4 Å². The van der Waals surface area contributed by atoms with Gasteiger partial charge in [0.25, 0.3) is 0 Å². The SMILES string of the molecule is CC(C)=CCC1=C2OC(C)(C)C3CCC(C)(C(CC=C(C)C)C1)C23C(=O)C(C)C. The Morgan fingerprint density at radius 1 is 1.10 bits per heavy atom. The third kappa shape index (κ3) is 3.26. The van der Waals surface area contributed by atoms with Crippen LogP contribution in [0.3, 0.4) is 0 Å². The van der Waals surface area contributed by atoms with E-state index in [-0.39, 0.29) is 22.9 Å². The fraction of sp³-hybridized carbons (Fsp3) is 0.741. The summed E-state index contributed by atoms with van der Waals surface area (Å²) in [5.41, 5.74) is 3.32. The third-order valence-electron chi connectivity index (χ3n) is 8.13. The van der Waals surface area contributed by atoms with Gasteiger partial charge in [-0.25, -0.2) is 0 Å². The maximum absolute atomic E-state index is 14.1. The third-order valence-corrected chi connectivity index (χ3v) is 8.13. The quantitative estimate of drug-likeness (QED) is 0.435. The standard InChI is InChI=1S/C27H42O2/c1-17(2)10-12-20-16-21(13-11-18(3)4)26(9)15-14-22-25(7,8)29-24(20)27(22,26)23(28)19(5)6/h10-11,19,21-22H,12-16H2,1-9H3. The smallest absolute Gasteiger partial charge is 0.150 e. The van der Waals surface area contributed by atoms with Gasteiger partial charge < -0.3 is 4.74 Å². The molecule has 3 aliphatic rings. The van der Waals surface area contributed by atoms with Crippen LogP contribution in [0.4, 0.5) is 0 Å². The minimum Gasteiger partial charge on any atom is -0.491 e. The van der Waals surface area contributed by atoms with E-state index in [1.54, 1.807) is 0 Å². The van der Waals surface area contributed by atoms with Gasteiger partial charge in [-0.2, -0.15) is 0 Å². The largest absolute Gasteiger partial charge is 0.491 e. The summed E-state index contributed by atoms with van der Waals surface area (Å²) in [5, 5.41) is 0. The fourth-order valence-corrected chi connectivity index (χ4v) is 6.69. The molecule has 2 fully saturated rings. The van der Waals surface area contributed by atoms with Crippen LogP contribution in [0.1, 0.15) is 94.4 Å².